The standard InChI is InChI=1S/C21H37NO4/c1-2-3-4-5-6-7-8-9-10-11-12-13-16-19(23)20(24)22-17-14-15-18(22)21(25)26/h18H,2-17H2,1H3,(H,25,26)/t18-/m0/s1. The largest absolute Gasteiger partial charge is 0.480 e. The lowest BCUT2D eigenvalue weighted by molar-refractivity contribution is -0.152. The van der Waals surface area contributed by atoms with Crippen molar-refractivity contribution in [1.29, 1.82) is 0 Å². The number of hydrogen-bond acceptors (Lipinski definition) is 3. The summed E-state index contributed by atoms with van der Waals surface area (Å²) in [7, 11) is 0. The normalized spacial score (nSPS) is 16.8. The van der Waals surface area contributed by atoms with Gasteiger partial charge in [0.25, 0.3) is 5.91 Å². The van der Waals surface area contributed by atoms with Crippen molar-refractivity contribution in [3.8, 4) is 0 Å². The number of carboxylic acids is 1. The average molecular weight is 368 g/mol. The molecule has 26 heavy (non-hydrogen) atoms. The molecule has 0 aromatic heterocycles. The summed E-state index contributed by atoms with van der Waals surface area (Å²) in [5.74, 6) is -2.03. The highest BCUT2D eigenvalue weighted by atomic mass is 16.4. The SMILES string of the molecule is CCCCCCCCCCCCCCC(=O)C(=O)N1CCC[C@H]1C(=O)O. The number of carbonyl (C=O) groups excluding carboxylic acids is 2. The number of amides is 1. The molecule has 1 rings (SSSR count). The maximum atomic E-state index is 12.1. The third-order valence-electron chi connectivity index (χ3n) is 5.29. The summed E-state index contributed by atoms with van der Waals surface area (Å²) in [4.78, 5) is 36.4. The van der Waals surface area contributed by atoms with Gasteiger partial charge in [0.1, 0.15) is 6.04 Å². The van der Waals surface area contributed by atoms with Crippen molar-refractivity contribution >= 4 is 17.7 Å². The molecule has 0 radical (unpaired) electrons. The molecule has 0 aromatic rings. The second-order valence-corrected chi connectivity index (χ2v) is 7.56. The molecule has 1 saturated heterocycles. The number of unbranched alkanes of at least 4 members (excludes halogenated alkanes) is 11. The zero-order valence-corrected chi connectivity index (χ0v) is 16.5. The zero-order valence-electron chi connectivity index (χ0n) is 16.5. The predicted molar refractivity (Wildman–Crippen MR) is 103 cm³/mol. The van der Waals surface area contributed by atoms with Crippen LogP contribution in [0, 0.1) is 0 Å². The quantitative estimate of drug-likeness (QED) is 0.336. The lowest BCUT2D eigenvalue weighted by Crippen LogP contribution is -2.43. The monoisotopic (exact) mass is 367 g/mol. The molecular weight excluding hydrogens is 330 g/mol. The number of nitrogens with zero attached hydrogens (tertiary/aromatic N) is 1. The molecule has 150 valence electrons. The fourth-order valence-corrected chi connectivity index (χ4v) is 3.66. The average Bonchev–Trinajstić information content (AvgIpc) is 3.11. The van der Waals surface area contributed by atoms with Crippen molar-refractivity contribution in [3.63, 3.8) is 0 Å². The number of Topliss-reactive ketones (excluding diaryl/α,β-unsaturated/α-hetero) is 1. The predicted octanol–water partition coefficient (Wildman–Crippen LogP) is 4.72. The molecule has 0 aliphatic carbocycles. The number of aliphatic carboxylic acids is 1. The van der Waals surface area contributed by atoms with Crippen molar-refractivity contribution in [2.75, 3.05) is 6.54 Å². The van der Waals surface area contributed by atoms with Crippen molar-refractivity contribution in [2.45, 2.75) is 109 Å². The van der Waals surface area contributed by atoms with Gasteiger partial charge in [0.15, 0.2) is 0 Å². The fraction of sp³-hybridized carbons (Fsp3) is 0.857. The minimum atomic E-state index is -1.01. The molecule has 1 heterocycles. The first-order valence-corrected chi connectivity index (χ1v) is 10.6. The maximum Gasteiger partial charge on any atom is 0.326 e. The molecule has 0 unspecified atom stereocenters. The van der Waals surface area contributed by atoms with Crippen LogP contribution in [0.25, 0.3) is 0 Å². The van der Waals surface area contributed by atoms with Crippen LogP contribution in [0.4, 0.5) is 0 Å². The first-order valence-electron chi connectivity index (χ1n) is 10.6. The fourth-order valence-electron chi connectivity index (χ4n) is 3.66. The molecule has 1 aliphatic rings. The summed E-state index contributed by atoms with van der Waals surface area (Å²) in [5.41, 5.74) is 0. The van der Waals surface area contributed by atoms with Gasteiger partial charge >= 0.3 is 5.97 Å². The van der Waals surface area contributed by atoms with Gasteiger partial charge in [-0.25, -0.2) is 4.79 Å². The van der Waals surface area contributed by atoms with Crippen LogP contribution < -0.4 is 0 Å². The van der Waals surface area contributed by atoms with Crippen LogP contribution in [0.15, 0.2) is 0 Å². The highest BCUT2D eigenvalue weighted by molar-refractivity contribution is 6.36. The van der Waals surface area contributed by atoms with Gasteiger partial charge in [-0.1, -0.05) is 77.6 Å². The number of ketones is 1. The van der Waals surface area contributed by atoms with E-state index in [1.54, 1.807) is 0 Å². The second kappa shape index (κ2) is 13.8. The van der Waals surface area contributed by atoms with Crippen LogP contribution >= 0.6 is 0 Å². The summed E-state index contributed by atoms with van der Waals surface area (Å²) in [6, 6.07) is -0.812. The van der Waals surface area contributed by atoms with Gasteiger partial charge in [-0.2, -0.15) is 0 Å². The van der Waals surface area contributed by atoms with Gasteiger partial charge < -0.3 is 10.0 Å². The van der Waals surface area contributed by atoms with Crippen LogP contribution in [-0.2, 0) is 14.4 Å². The van der Waals surface area contributed by atoms with Crippen molar-refractivity contribution < 1.29 is 19.5 Å². The molecule has 0 bridgehead atoms. The van der Waals surface area contributed by atoms with Gasteiger partial charge in [0.2, 0.25) is 5.78 Å². The molecule has 1 atom stereocenters. The third-order valence-corrected chi connectivity index (χ3v) is 5.29. The lowest BCUT2D eigenvalue weighted by atomic mass is 10.0. The van der Waals surface area contributed by atoms with E-state index in [1.165, 1.54) is 62.7 Å². The summed E-state index contributed by atoms with van der Waals surface area (Å²) >= 11 is 0. The molecule has 1 fully saturated rings. The van der Waals surface area contributed by atoms with Crippen molar-refractivity contribution in [3.05, 3.63) is 0 Å². The van der Waals surface area contributed by atoms with Crippen LogP contribution in [0.1, 0.15) is 103 Å². The molecular formula is C21H37NO4. The van der Waals surface area contributed by atoms with E-state index in [1.807, 2.05) is 0 Å². The zero-order chi connectivity index (χ0) is 19.2. The molecule has 1 aliphatic heterocycles. The Balaban J connectivity index is 2.00. The van der Waals surface area contributed by atoms with Gasteiger partial charge in [-0.3, -0.25) is 9.59 Å². The Morgan fingerprint density at radius 3 is 1.85 bits per heavy atom. The highest BCUT2D eigenvalue weighted by Crippen LogP contribution is 2.19. The number of rotatable bonds is 15. The van der Waals surface area contributed by atoms with Crippen LogP contribution in [0.2, 0.25) is 0 Å². The Kier molecular flexibility index (Phi) is 12.0. The summed E-state index contributed by atoms with van der Waals surface area (Å²) in [6.45, 7) is 2.63. The van der Waals surface area contributed by atoms with Gasteiger partial charge in [-0.05, 0) is 19.3 Å². The van der Waals surface area contributed by atoms with E-state index >= 15 is 0 Å². The Morgan fingerprint density at radius 1 is 0.846 bits per heavy atom. The Bertz CT molecular complexity index is 436. The van der Waals surface area contributed by atoms with Crippen LogP contribution in [0.5, 0.6) is 0 Å². The molecule has 0 saturated carbocycles. The second-order valence-electron chi connectivity index (χ2n) is 7.56. The van der Waals surface area contributed by atoms with E-state index in [4.69, 9.17) is 5.11 Å². The van der Waals surface area contributed by atoms with E-state index in [0.29, 0.717) is 19.4 Å². The minimum absolute atomic E-state index is 0.249. The smallest absolute Gasteiger partial charge is 0.326 e. The Labute approximate surface area is 158 Å². The van der Waals surface area contributed by atoms with Gasteiger partial charge in [0, 0.05) is 13.0 Å². The lowest BCUT2D eigenvalue weighted by Gasteiger charge is -2.20. The molecule has 0 aromatic carbocycles. The van der Waals surface area contributed by atoms with Gasteiger partial charge in [-0.15, -0.1) is 0 Å². The van der Waals surface area contributed by atoms with E-state index < -0.39 is 23.7 Å². The first-order chi connectivity index (χ1) is 12.6. The maximum absolute atomic E-state index is 12.1. The van der Waals surface area contributed by atoms with Gasteiger partial charge in [0.05, 0.1) is 0 Å². The molecule has 0 spiro atoms. The number of hydrogen-bond donors (Lipinski definition) is 1. The Morgan fingerprint density at radius 2 is 1.35 bits per heavy atom. The van der Waals surface area contributed by atoms with Crippen molar-refractivity contribution in [1.82, 2.24) is 4.90 Å². The van der Waals surface area contributed by atoms with E-state index in [9.17, 15) is 14.4 Å². The molecule has 5 nitrogen and oxygen atoms in total. The highest BCUT2D eigenvalue weighted by Gasteiger charge is 2.36. The van der Waals surface area contributed by atoms with E-state index in [-0.39, 0.29) is 6.42 Å². The molecule has 1 N–H and O–H groups in total. The van der Waals surface area contributed by atoms with Crippen LogP contribution in [0.3, 0.4) is 0 Å². The third kappa shape index (κ3) is 8.81. The topological polar surface area (TPSA) is 74.7 Å². The number of carbonyl (C=O) groups is 3. The number of carboxylic acid groups (broad SMARTS) is 1. The van der Waals surface area contributed by atoms with E-state index in [0.717, 1.165) is 19.3 Å². The summed E-state index contributed by atoms with van der Waals surface area (Å²) < 4.78 is 0. The number of likely N-dealkylation sites (tertiary alicyclic amines) is 1. The molecule has 5 heteroatoms. The van der Waals surface area contributed by atoms with Crippen molar-refractivity contribution in [2.24, 2.45) is 0 Å². The minimum Gasteiger partial charge on any atom is -0.480 e. The van der Waals surface area contributed by atoms with E-state index in [2.05, 4.69) is 6.92 Å². The first kappa shape index (κ1) is 22.7. The van der Waals surface area contributed by atoms with Crippen LogP contribution in [-0.4, -0.2) is 40.3 Å². The Hall–Kier alpha value is -1.39. The summed E-state index contributed by atoms with van der Waals surface area (Å²) in [6.07, 6.45) is 16.0. The molecule has 1 amide bonds. The summed E-state index contributed by atoms with van der Waals surface area (Å²) in [5, 5.41) is 9.10.